The van der Waals surface area contributed by atoms with Crippen molar-refractivity contribution in [2.24, 2.45) is 5.92 Å². The van der Waals surface area contributed by atoms with Crippen molar-refractivity contribution in [3.8, 4) is 6.07 Å². The largest absolute Gasteiger partial charge is 0.384 e. The van der Waals surface area contributed by atoms with Gasteiger partial charge in [0, 0.05) is 18.7 Å². The van der Waals surface area contributed by atoms with Gasteiger partial charge >= 0.3 is 0 Å². The maximum Gasteiger partial charge on any atom is 0.270 e. The van der Waals surface area contributed by atoms with Crippen LogP contribution < -0.4 is 10.6 Å². The summed E-state index contributed by atoms with van der Waals surface area (Å²) in [5.74, 6) is 0.586. The van der Waals surface area contributed by atoms with Crippen molar-refractivity contribution in [3.05, 3.63) is 33.9 Å². The van der Waals surface area contributed by atoms with Crippen LogP contribution in [0.4, 0.5) is 11.4 Å². The molecule has 2 N–H and O–H groups in total. The van der Waals surface area contributed by atoms with E-state index < -0.39 is 4.92 Å². The lowest BCUT2D eigenvalue weighted by atomic mass is 9.98. The maximum atomic E-state index is 10.7. The number of benzene rings is 1. The van der Waals surface area contributed by atoms with Crippen molar-refractivity contribution in [2.45, 2.75) is 12.8 Å². The minimum Gasteiger partial charge on any atom is -0.384 e. The summed E-state index contributed by atoms with van der Waals surface area (Å²) in [4.78, 5) is 10.2. The highest BCUT2D eigenvalue weighted by Gasteiger charge is 2.14. The van der Waals surface area contributed by atoms with Gasteiger partial charge in [0.05, 0.1) is 16.2 Å². The topological polar surface area (TPSA) is 91.0 Å². The summed E-state index contributed by atoms with van der Waals surface area (Å²) >= 11 is 0. The predicted octanol–water partition coefficient (Wildman–Crippen LogP) is 1.88. The van der Waals surface area contributed by atoms with E-state index in [9.17, 15) is 10.1 Å². The summed E-state index contributed by atoms with van der Waals surface area (Å²) < 4.78 is 0. The fourth-order valence-corrected chi connectivity index (χ4v) is 2.23. The van der Waals surface area contributed by atoms with Crippen molar-refractivity contribution >= 4 is 11.4 Å². The Bertz CT molecular complexity index is 504. The van der Waals surface area contributed by atoms with E-state index in [0.29, 0.717) is 17.2 Å². The molecule has 1 aromatic rings. The lowest BCUT2D eigenvalue weighted by Crippen LogP contribution is -2.31. The second kappa shape index (κ2) is 6.16. The first kappa shape index (κ1) is 13.3. The number of anilines is 1. The van der Waals surface area contributed by atoms with Gasteiger partial charge in [-0.05, 0) is 37.9 Å². The number of nitrogens with zero attached hydrogens (tertiary/aromatic N) is 2. The van der Waals surface area contributed by atoms with Crippen LogP contribution in [0.15, 0.2) is 18.2 Å². The zero-order valence-electron chi connectivity index (χ0n) is 10.6. The van der Waals surface area contributed by atoms with Gasteiger partial charge in [0.15, 0.2) is 0 Å². The number of piperidine rings is 1. The van der Waals surface area contributed by atoms with Crippen molar-refractivity contribution in [3.63, 3.8) is 0 Å². The van der Waals surface area contributed by atoms with Crippen molar-refractivity contribution < 1.29 is 4.92 Å². The van der Waals surface area contributed by atoms with Crippen LogP contribution in [0.25, 0.3) is 0 Å². The van der Waals surface area contributed by atoms with Gasteiger partial charge in [-0.3, -0.25) is 10.1 Å². The highest BCUT2D eigenvalue weighted by atomic mass is 16.6. The lowest BCUT2D eigenvalue weighted by Gasteiger charge is -2.23. The number of non-ortho nitro benzene ring substituents is 1. The molecule has 0 amide bonds. The van der Waals surface area contributed by atoms with Crippen LogP contribution >= 0.6 is 0 Å². The van der Waals surface area contributed by atoms with E-state index in [1.54, 1.807) is 6.07 Å². The summed E-state index contributed by atoms with van der Waals surface area (Å²) in [6.45, 7) is 2.85. The first-order valence-corrected chi connectivity index (χ1v) is 6.34. The molecule has 1 aromatic carbocycles. The van der Waals surface area contributed by atoms with Gasteiger partial charge in [-0.1, -0.05) is 0 Å². The van der Waals surface area contributed by atoms with Crippen LogP contribution in [0.2, 0.25) is 0 Å². The molecule has 0 unspecified atom stereocenters. The quantitative estimate of drug-likeness (QED) is 0.637. The van der Waals surface area contributed by atoms with E-state index in [4.69, 9.17) is 5.26 Å². The molecule has 0 spiro atoms. The summed E-state index contributed by atoms with van der Waals surface area (Å²) in [5, 5.41) is 26.2. The van der Waals surface area contributed by atoms with E-state index in [2.05, 4.69) is 10.6 Å². The zero-order chi connectivity index (χ0) is 13.7. The normalized spacial score (nSPS) is 15.7. The summed E-state index contributed by atoms with van der Waals surface area (Å²) in [5.41, 5.74) is 0.943. The molecular weight excluding hydrogens is 244 g/mol. The van der Waals surface area contributed by atoms with Crippen molar-refractivity contribution in [2.75, 3.05) is 25.0 Å². The van der Waals surface area contributed by atoms with Gasteiger partial charge in [-0.2, -0.15) is 5.26 Å². The van der Waals surface area contributed by atoms with E-state index in [-0.39, 0.29) is 5.69 Å². The minimum absolute atomic E-state index is 0.0519. The first-order valence-electron chi connectivity index (χ1n) is 6.34. The Hall–Kier alpha value is -2.13. The molecule has 0 saturated carbocycles. The molecular formula is C13H16N4O2. The Morgan fingerprint density at radius 1 is 1.47 bits per heavy atom. The van der Waals surface area contributed by atoms with Gasteiger partial charge in [0.1, 0.15) is 6.07 Å². The van der Waals surface area contributed by atoms with Gasteiger partial charge in [-0.25, -0.2) is 0 Å². The Balaban J connectivity index is 2.03. The molecule has 0 bridgehead atoms. The second-order valence-corrected chi connectivity index (χ2v) is 4.67. The number of nitro benzene ring substituents is 1. The summed E-state index contributed by atoms with van der Waals surface area (Å²) in [7, 11) is 0. The van der Waals surface area contributed by atoms with E-state index >= 15 is 0 Å². The Morgan fingerprint density at radius 3 is 2.84 bits per heavy atom. The first-order chi connectivity index (χ1) is 9.20. The van der Waals surface area contributed by atoms with Crippen LogP contribution in [-0.2, 0) is 0 Å². The zero-order valence-corrected chi connectivity index (χ0v) is 10.6. The molecule has 1 aliphatic rings. The highest BCUT2D eigenvalue weighted by Crippen LogP contribution is 2.22. The smallest absolute Gasteiger partial charge is 0.270 e. The number of rotatable bonds is 4. The molecule has 6 nitrogen and oxygen atoms in total. The van der Waals surface area contributed by atoms with E-state index in [1.807, 2.05) is 6.07 Å². The Morgan fingerprint density at radius 2 is 2.21 bits per heavy atom. The SMILES string of the molecule is N#Cc1cc([N+](=O)[O-])ccc1NCC1CCNCC1. The van der Waals surface area contributed by atoms with Gasteiger partial charge < -0.3 is 10.6 Å². The monoisotopic (exact) mass is 260 g/mol. The molecule has 1 aliphatic heterocycles. The molecule has 1 saturated heterocycles. The number of hydrogen-bond acceptors (Lipinski definition) is 5. The molecule has 0 aromatic heterocycles. The molecule has 2 rings (SSSR count). The number of nitrogens with one attached hydrogen (secondary N) is 2. The average Bonchev–Trinajstić information content (AvgIpc) is 2.45. The Kier molecular flexibility index (Phi) is 4.31. The lowest BCUT2D eigenvalue weighted by molar-refractivity contribution is -0.384. The third-order valence-electron chi connectivity index (χ3n) is 3.37. The molecule has 19 heavy (non-hydrogen) atoms. The van der Waals surface area contributed by atoms with Crippen LogP contribution in [0, 0.1) is 27.4 Å². The van der Waals surface area contributed by atoms with Crippen molar-refractivity contribution in [1.29, 1.82) is 5.26 Å². The molecule has 1 heterocycles. The standard InChI is InChI=1S/C13H16N4O2/c14-8-11-7-12(17(18)19)1-2-13(11)16-9-10-3-5-15-6-4-10/h1-2,7,10,15-16H,3-6,9H2. The van der Waals surface area contributed by atoms with Gasteiger partial charge in [-0.15, -0.1) is 0 Å². The average molecular weight is 260 g/mol. The molecule has 100 valence electrons. The van der Waals surface area contributed by atoms with Crippen LogP contribution in [0.5, 0.6) is 0 Å². The highest BCUT2D eigenvalue weighted by molar-refractivity contribution is 5.61. The fourth-order valence-electron chi connectivity index (χ4n) is 2.23. The number of nitriles is 1. The minimum atomic E-state index is -0.489. The predicted molar refractivity (Wildman–Crippen MR) is 71.9 cm³/mol. The molecule has 0 radical (unpaired) electrons. The second-order valence-electron chi connectivity index (χ2n) is 4.67. The summed E-state index contributed by atoms with van der Waals surface area (Å²) in [6, 6.07) is 6.34. The van der Waals surface area contributed by atoms with Crippen LogP contribution in [-0.4, -0.2) is 24.6 Å². The maximum absolute atomic E-state index is 10.7. The van der Waals surface area contributed by atoms with Crippen LogP contribution in [0.3, 0.4) is 0 Å². The Labute approximate surface area is 111 Å². The van der Waals surface area contributed by atoms with Crippen molar-refractivity contribution in [1.82, 2.24) is 5.32 Å². The van der Waals surface area contributed by atoms with E-state index in [0.717, 1.165) is 32.5 Å². The van der Waals surface area contributed by atoms with Crippen LogP contribution in [0.1, 0.15) is 18.4 Å². The third kappa shape index (κ3) is 3.42. The summed E-state index contributed by atoms with van der Waals surface area (Å²) in [6.07, 6.45) is 2.23. The van der Waals surface area contributed by atoms with Gasteiger partial charge in [0.25, 0.3) is 5.69 Å². The molecule has 0 atom stereocenters. The van der Waals surface area contributed by atoms with E-state index in [1.165, 1.54) is 12.1 Å². The molecule has 6 heteroatoms. The fraction of sp³-hybridized carbons (Fsp3) is 0.462. The third-order valence-corrected chi connectivity index (χ3v) is 3.37. The molecule has 0 aliphatic carbocycles. The number of nitro groups is 1. The number of hydrogen-bond donors (Lipinski definition) is 2. The molecule has 1 fully saturated rings. The van der Waals surface area contributed by atoms with Gasteiger partial charge in [0.2, 0.25) is 0 Å².